The molecule has 11 nitrogen and oxygen atoms in total. The molecule has 0 aliphatic heterocycles. The zero-order valence-electron chi connectivity index (χ0n) is 31.1. The minimum absolute atomic E-state index is 0.265. The predicted molar refractivity (Wildman–Crippen MR) is 218 cm³/mol. The van der Waals surface area contributed by atoms with Crippen molar-refractivity contribution in [3.63, 3.8) is 0 Å². The van der Waals surface area contributed by atoms with Gasteiger partial charge in [0.2, 0.25) is 0 Å². The zero-order chi connectivity index (χ0) is 38.8. The molecule has 2 N–H and O–H groups in total. The number of aliphatic hydroxyl groups excluding tert-OH is 1. The summed E-state index contributed by atoms with van der Waals surface area (Å²) in [6, 6.07) is 42.9. The van der Waals surface area contributed by atoms with Gasteiger partial charge < -0.3 is 29.4 Å². The summed E-state index contributed by atoms with van der Waals surface area (Å²) in [6.07, 6.45) is -2.04. The van der Waals surface area contributed by atoms with Crippen molar-refractivity contribution in [2.45, 2.75) is 76.1 Å². The average Bonchev–Trinajstić information content (AvgIpc) is 3.91. The second-order valence-corrected chi connectivity index (χ2v) is 15.0. The topological polar surface area (TPSA) is 126 Å². The van der Waals surface area contributed by atoms with E-state index >= 15 is 0 Å². The Morgan fingerprint density at radius 1 is 0.614 bits per heavy atom. The molecule has 2 aromatic heterocycles. The Labute approximate surface area is 340 Å². The Hall–Kier alpha value is -4.89. The number of aromatic nitrogens is 5. The fourth-order valence-electron chi connectivity index (χ4n) is 7.11. The summed E-state index contributed by atoms with van der Waals surface area (Å²) in [7, 11) is 0. The molecule has 8 rings (SSSR count). The van der Waals surface area contributed by atoms with Crippen LogP contribution in [0.3, 0.4) is 0 Å². The van der Waals surface area contributed by atoms with E-state index in [9.17, 15) is 5.11 Å². The minimum atomic E-state index is -1.07. The number of halogens is 1. The summed E-state index contributed by atoms with van der Waals surface area (Å²) in [4.78, 5) is 0. The Morgan fingerprint density at radius 2 is 1.07 bits per heavy atom. The van der Waals surface area contributed by atoms with E-state index in [4.69, 9.17) is 30.5 Å². The van der Waals surface area contributed by atoms with Crippen molar-refractivity contribution < 1.29 is 24.1 Å². The third-order valence-corrected chi connectivity index (χ3v) is 10.9. The van der Waals surface area contributed by atoms with Gasteiger partial charge in [-0.3, -0.25) is 0 Å². The van der Waals surface area contributed by atoms with E-state index in [-0.39, 0.29) is 19.8 Å². The lowest BCUT2D eigenvalue weighted by Gasteiger charge is -2.49. The minimum Gasteiger partial charge on any atom is -0.389 e. The predicted octanol–water partition coefficient (Wildman–Crippen LogP) is 7.16. The SMILES string of the molecule is O[C@@H]1[C@@H](NCc2cn(Cc3cc4nsnc4cc3Cl)nn2)[C@H](OCc2ccccc2)[C@@H](OCc2ccccc2)[C@H](OCc2ccccc2)[C@H]1OCc1ccccc1. The molecule has 13 heteroatoms. The Balaban J connectivity index is 1.09. The van der Waals surface area contributed by atoms with E-state index in [2.05, 4.69) is 24.4 Å². The first-order chi connectivity index (χ1) is 28.1. The van der Waals surface area contributed by atoms with Gasteiger partial charge in [-0.2, -0.15) is 8.75 Å². The maximum atomic E-state index is 12.5. The van der Waals surface area contributed by atoms with Gasteiger partial charge in [0.15, 0.2) is 0 Å². The second-order valence-electron chi connectivity index (χ2n) is 14.0. The molecule has 1 aliphatic rings. The third kappa shape index (κ3) is 9.98. The monoisotopic (exact) mass is 802 g/mol. The van der Waals surface area contributed by atoms with E-state index in [1.54, 1.807) is 4.68 Å². The number of nitrogens with one attached hydrogen (secondary N) is 1. The van der Waals surface area contributed by atoms with Crippen LogP contribution in [0.15, 0.2) is 140 Å². The van der Waals surface area contributed by atoms with Crippen molar-refractivity contribution >= 4 is 34.4 Å². The molecule has 0 amide bonds. The van der Waals surface area contributed by atoms with Crippen LogP contribution in [0.25, 0.3) is 11.0 Å². The largest absolute Gasteiger partial charge is 0.389 e. The van der Waals surface area contributed by atoms with Gasteiger partial charge in [-0.1, -0.05) is 138 Å². The van der Waals surface area contributed by atoms with Gasteiger partial charge in [-0.15, -0.1) is 5.10 Å². The quantitative estimate of drug-likeness (QED) is 0.0981. The number of aliphatic hydroxyl groups is 1. The van der Waals surface area contributed by atoms with E-state index in [1.807, 2.05) is 140 Å². The standard InChI is InChI=1S/C44H43ClN6O5S/c45-36-22-38-37(48-57-49-38)21-34(36)24-51-25-35(47-50-51)23-46-39-40(52)42(54-27-31-15-7-2-8-16-31)44(56-29-33-19-11-4-12-20-33)43(55-28-32-17-9-3-10-18-32)41(39)53-26-30-13-5-1-6-14-30/h1-22,25,39-44,46,52H,23-24,26-29H2/t39-,40-,41+,42+,43-,44-/m1/s1. The van der Waals surface area contributed by atoms with Crippen LogP contribution in [0, 0.1) is 0 Å². The summed E-state index contributed by atoms with van der Waals surface area (Å²) in [5.74, 6) is 0. The lowest BCUT2D eigenvalue weighted by atomic mass is 9.82. The summed E-state index contributed by atoms with van der Waals surface area (Å²) in [5.41, 5.74) is 7.03. The molecule has 1 aliphatic carbocycles. The smallest absolute Gasteiger partial charge is 0.115 e. The van der Waals surface area contributed by atoms with Crippen LogP contribution in [0.1, 0.15) is 33.5 Å². The molecular formula is C44H43ClN6O5S. The number of hydrogen-bond acceptors (Lipinski definition) is 11. The number of ether oxygens (including phenoxy) is 4. The molecule has 0 bridgehead atoms. The van der Waals surface area contributed by atoms with E-state index < -0.39 is 36.6 Å². The molecule has 5 aromatic carbocycles. The molecular weight excluding hydrogens is 760 g/mol. The van der Waals surface area contributed by atoms with Crippen LogP contribution in [-0.2, 0) is 58.5 Å². The summed E-state index contributed by atoms with van der Waals surface area (Å²) < 4.78 is 37.5. The fourth-order valence-corrected chi connectivity index (χ4v) is 7.84. The van der Waals surface area contributed by atoms with Crippen LogP contribution < -0.4 is 5.32 Å². The Kier molecular flexibility index (Phi) is 13.0. The average molecular weight is 803 g/mol. The molecule has 1 saturated carbocycles. The molecule has 0 saturated heterocycles. The summed E-state index contributed by atoms with van der Waals surface area (Å²) >= 11 is 7.75. The first kappa shape index (κ1) is 39.0. The van der Waals surface area contributed by atoms with Gasteiger partial charge in [0.05, 0.1) is 62.6 Å². The van der Waals surface area contributed by atoms with Crippen LogP contribution >= 0.6 is 23.3 Å². The summed E-state index contributed by atoms with van der Waals surface area (Å²) in [5, 5.41) is 25.5. The molecule has 292 valence electrons. The highest BCUT2D eigenvalue weighted by atomic mass is 35.5. The number of rotatable bonds is 17. The van der Waals surface area contributed by atoms with Gasteiger partial charge in [0.1, 0.15) is 41.6 Å². The highest BCUT2D eigenvalue weighted by Gasteiger charge is 2.53. The van der Waals surface area contributed by atoms with Crippen LogP contribution in [0.5, 0.6) is 0 Å². The number of nitrogens with zero attached hydrogens (tertiary/aromatic N) is 5. The van der Waals surface area contributed by atoms with E-state index in [0.717, 1.165) is 50.6 Å². The first-order valence-corrected chi connectivity index (χ1v) is 20.0. The normalized spacial score (nSPS) is 20.9. The Bertz CT molecular complexity index is 2280. The van der Waals surface area contributed by atoms with Gasteiger partial charge in [0, 0.05) is 11.6 Å². The molecule has 57 heavy (non-hydrogen) atoms. The fraction of sp³-hybridized carbons (Fsp3) is 0.273. The van der Waals surface area contributed by atoms with Gasteiger partial charge in [-0.25, -0.2) is 4.68 Å². The lowest BCUT2D eigenvalue weighted by molar-refractivity contribution is -0.251. The number of hydrogen-bond donors (Lipinski definition) is 2. The summed E-state index contributed by atoms with van der Waals surface area (Å²) in [6.45, 7) is 1.83. The van der Waals surface area contributed by atoms with Crippen molar-refractivity contribution in [3.8, 4) is 0 Å². The van der Waals surface area contributed by atoms with Crippen LogP contribution in [0.4, 0.5) is 0 Å². The van der Waals surface area contributed by atoms with Crippen molar-refractivity contribution in [2.24, 2.45) is 0 Å². The molecule has 7 aromatic rings. The molecule has 0 spiro atoms. The molecule has 0 unspecified atom stereocenters. The maximum Gasteiger partial charge on any atom is 0.115 e. The van der Waals surface area contributed by atoms with Gasteiger partial charge >= 0.3 is 0 Å². The van der Waals surface area contributed by atoms with Crippen molar-refractivity contribution in [3.05, 3.63) is 178 Å². The maximum absolute atomic E-state index is 12.5. The van der Waals surface area contributed by atoms with Gasteiger partial charge in [0.25, 0.3) is 0 Å². The number of benzene rings is 5. The van der Waals surface area contributed by atoms with Crippen molar-refractivity contribution in [1.29, 1.82) is 0 Å². The molecule has 0 radical (unpaired) electrons. The second kappa shape index (κ2) is 19.0. The van der Waals surface area contributed by atoms with Crippen LogP contribution in [0.2, 0.25) is 5.02 Å². The van der Waals surface area contributed by atoms with Crippen LogP contribution in [-0.4, -0.2) is 65.4 Å². The zero-order valence-corrected chi connectivity index (χ0v) is 32.7. The van der Waals surface area contributed by atoms with E-state index in [0.29, 0.717) is 30.5 Å². The molecule has 1 fully saturated rings. The molecule has 2 heterocycles. The highest BCUT2D eigenvalue weighted by molar-refractivity contribution is 7.00. The number of fused-ring (bicyclic) bond motifs is 1. The Morgan fingerprint density at radius 3 is 1.60 bits per heavy atom. The molecule has 6 atom stereocenters. The lowest BCUT2D eigenvalue weighted by Crippen LogP contribution is -2.69. The van der Waals surface area contributed by atoms with Crippen molar-refractivity contribution in [1.82, 2.24) is 29.1 Å². The van der Waals surface area contributed by atoms with Crippen molar-refractivity contribution in [2.75, 3.05) is 0 Å². The highest BCUT2D eigenvalue weighted by Crippen LogP contribution is 2.33. The third-order valence-electron chi connectivity index (χ3n) is 10.0. The van der Waals surface area contributed by atoms with E-state index in [1.165, 1.54) is 0 Å². The first-order valence-electron chi connectivity index (χ1n) is 18.9. The van der Waals surface area contributed by atoms with Gasteiger partial charge in [-0.05, 0) is 39.9 Å².